The van der Waals surface area contributed by atoms with Crippen LogP contribution in [0.1, 0.15) is 11.1 Å². The third-order valence-electron chi connectivity index (χ3n) is 3.50. The number of fused-ring (bicyclic) bond motifs is 1. The molecule has 0 bridgehead atoms. The van der Waals surface area contributed by atoms with Crippen LogP contribution < -0.4 is 11.1 Å². The van der Waals surface area contributed by atoms with Crippen LogP contribution in [0.2, 0.25) is 0 Å². The molecule has 6 heteroatoms. The average molecular weight is 313 g/mol. The van der Waals surface area contributed by atoms with Gasteiger partial charge in [0.25, 0.3) is 0 Å². The van der Waals surface area contributed by atoms with E-state index in [4.69, 9.17) is 22.4 Å². The Balaban J connectivity index is 2.05. The van der Waals surface area contributed by atoms with E-state index in [0.29, 0.717) is 22.7 Å². The SMILES string of the molecule is Cc1cc2nc(-c3ccc(NC(N)=S)cc3O)oc2cc1C. The van der Waals surface area contributed by atoms with Gasteiger partial charge in [0.1, 0.15) is 11.3 Å². The lowest BCUT2D eigenvalue weighted by Crippen LogP contribution is -2.18. The summed E-state index contributed by atoms with van der Waals surface area (Å²) in [5, 5.41) is 13.1. The Morgan fingerprint density at radius 2 is 1.95 bits per heavy atom. The summed E-state index contributed by atoms with van der Waals surface area (Å²) in [4.78, 5) is 4.44. The standard InChI is InChI=1S/C16H15N3O2S/c1-8-5-12-14(6-9(8)2)21-15(19-12)11-4-3-10(7-13(11)20)18-16(17)22/h3-7,20H,1-2H3,(H3,17,18,22). The number of phenols is 1. The highest BCUT2D eigenvalue weighted by atomic mass is 32.1. The molecule has 0 aliphatic carbocycles. The number of aryl methyl sites for hydroxylation is 2. The highest BCUT2D eigenvalue weighted by molar-refractivity contribution is 7.80. The molecule has 0 aliphatic heterocycles. The first-order valence-corrected chi connectivity index (χ1v) is 7.12. The van der Waals surface area contributed by atoms with Gasteiger partial charge in [-0.2, -0.15) is 0 Å². The van der Waals surface area contributed by atoms with Gasteiger partial charge in [-0.05, 0) is 61.5 Å². The van der Waals surface area contributed by atoms with E-state index in [9.17, 15) is 5.11 Å². The van der Waals surface area contributed by atoms with E-state index >= 15 is 0 Å². The van der Waals surface area contributed by atoms with Crippen molar-refractivity contribution >= 4 is 34.1 Å². The van der Waals surface area contributed by atoms with E-state index in [2.05, 4.69) is 10.3 Å². The minimum absolute atomic E-state index is 0.0428. The van der Waals surface area contributed by atoms with E-state index < -0.39 is 0 Å². The normalized spacial score (nSPS) is 10.8. The molecule has 3 aromatic rings. The van der Waals surface area contributed by atoms with Crippen molar-refractivity contribution in [1.82, 2.24) is 4.98 Å². The summed E-state index contributed by atoms with van der Waals surface area (Å²) in [5.41, 5.74) is 10.3. The molecule has 4 N–H and O–H groups in total. The number of anilines is 1. The predicted octanol–water partition coefficient (Wildman–Crippen LogP) is 3.47. The Kier molecular flexibility index (Phi) is 3.46. The fraction of sp³-hybridized carbons (Fsp3) is 0.125. The average Bonchev–Trinajstić information content (AvgIpc) is 2.81. The lowest BCUT2D eigenvalue weighted by Gasteiger charge is -2.06. The van der Waals surface area contributed by atoms with E-state index in [-0.39, 0.29) is 10.9 Å². The monoisotopic (exact) mass is 313 g/mol. The summed E-state index contributed by atoms with van der Waals surface area (Å²) in [7, 11) is 0. The van der Waals surface area contributed by atoms with Crippen molar-refractivity contribution in [3.63, 3.8) is 0 Å². The van der Waals surface area contributed by atoms with Crippen LogP contribution >= 0.6 is 12.2 Å². The number of aromatic nitrogens is 1. The zero-order valence-corrected chi connectivity index (χ0v) is 13.0. The summed E-state index contributed by atoms with van der Waals surface area (Å²) >= 11 is 4.77. The molecule has 0 amide bonds. The van der Waals surface area contributed by atoms with Crippen LogP contribution in [0, 0.1) is 13.8 Å². The second-order valence-corrected chi connectivity index (χ2v) is 5.58. The molecule has 5 nitrogen and oxygen atoms in total. The number of nitrogens with zero attached hydrogens (tertiary/aromatic N) is 1. The lowest BCUT2D eigenvalue weighted by molar-refractivity contribution is 0.474. The molecule has 112 valence electrons. The van der Waals surface area contributed by atoms with Crippen LogP contribution in [0.3, 0.4) is 0 Å². The third-order valence-corrected chi connectivity index (χ3v) is 3.60. The number of hydrogen-bond acceptors (Lipinski definition) is 4. The topological polar surface area (TPSA) is 84.3 Å². The number of nitrogens with two attached hydrogens (primary N) is 1. The summed E-state index contributed by atoms with van der Waals surface area (Å²) in [6.07, 6.45) is 0. The lowest BCUT2D eigenvalue weighted by atomic mass is 10.1. The van der Waals surface area contributed by atoms with Gasteiger partial charge in [0.2, 0.25) is 5.89 Å². The van der Waals surface area contributed by atoms with Crippen LogP contribution in [-0.2, 0) is 0 Å². The Hall–Kier alpha value is -2.60. The molecule has 0 atom stereocenters. The van der Waals surface area contributed by atoms with Gasteiger partial charge in [-0.15, -0.1) is 0 Å². The molecule has 2 aromatic carbocycles. The molecule has 0 unspecified atom stereocenters. The van der Waals surface area contributed by atoms with Gasteiger partial charge in [-0.25, -0.2) is 4.98 Å². The van der Waals surface area contributed by atoms with E-state index in [0.717, 1.165) is 16.6 Å². The fourth-order valence-electron chi connectivity index (χ4n) is 2.23. The molecule has 0 saturated carbocycles. The number of benzene rings is 2. The molecule has 0 radical (unpaired) electrons. The van der Waals surface area contributed by atoms with Gasteiger partial charge in [-0.1, -0.05) is 0 Å². The van der Waals surface area contributed by atoms with Gasteiger partial charge in [0.15, 0.2) is 10.7 Å². The Bertz CT molecular complexity index is 847. The zero-order valence-electron chi connectivity index (χ0n) is 12.2. The maximum absolute atomic E-state index is 10.2. The van der Waals surface area contributed by atoms with Crippen molar-refractivity contribution in [2.45, 2.75) is 13.8 Å². The zero-order chi connectivity index (χ0) is 15.9. The molecule has 3 rings (SSSR count). The van der Waals surface area contributed by atoms with Crippen molar-refractivity contribution in [3.05, 3.63) is 41.5 Å². The minimum atomic E-state index is 0.0428. The number of aromatic hydroxyl groups is 1. The van der Waals surface area contributed by atoms with Crippen molar-refractivity contribution in [1.29, 1.82) is 0 Å². The molecular formula is C16H15N3O2S. The molecule has 0 saturated heterocycles. The smallest absolute Gasteiger partial charge is 0.231 e. The fourth-order valence-corrected chi connectivity index (χ4v) is 2.35. The molecule has 1 aromatic heterocycles. The number of rotatable bonds is 2. The van der Waals surface area contributed by atoms with Crippen molar-refractivity contribution in [3.8, 4) is 17.2 Å². The van der Waals surface area contributed by atoms with Crippen molar-refractivity contribution in [2.75, 3.05) is 5.32 Å². The molecule has 0 aliphatic rings. The minimum Gasteiger partial charge on any atom is -0.507 e. The number of phenolic OH excluding ortho intramolecular Hbond substituents is 1. The molecule has 0 fully saturated rings. The summed E-state index contributed by atoms with van der Waals surface area (Å²) in [5.74, 6) is 0.417. The highest BCUT2D eigenvalue weighted by Crippen LogP contribution is 2.33. The molecule has 1 heterocycles. The predicted molar refractivity (Wildman–Crippen MR) is 91.0 cm³/mol. The first-order valence-electron chi connectivity index (χ1n) is 6.71. The number of thiocarbonyl (C=S) groups is 1. The van der Waals surface area contributed by atoms with Gasteiger partial charge >= 0.3 is 0 Å². The van der Waals surface area contributed by atoms with Crippen LogP contribution in [0.4, 0.5) is 5.69 Å². The Morgan fingerprint density at radius 3 is 2.64 bits per heavy atom. The van der Waals surface area contributed by atoms with Gasteiger partial charge in [0.05, 0.1) is 5.56 Å². The number of oxazole rings is 1. The molecular weight excluding hydrogens is 298 g/mol. The maximum Gasteiger partial charge on any atom is 0.231 e. The second-order valence-electron chi connectivity index (χ2n) is 5.14. The number of nitrogens with one attached hydrogen (secondary N) is 1. The molecule has 22 heavy (non-hydrogen) atoms. The quantitative estimate of drug-likeness (QED) is 0.628. The van der Waals surface area contributed by atoms with Gasteiger partial charge < -0.3 is 20.6 Å². The van der Waals surface area contributed by atoms with Crippen LogP contribution in [0.15, 0.2) is 34.7 Å². The maximum atomic E-state index is 10.2. The first kappa shape index (κ1) is 14.3. The van der Waals surface area contributed by atoms with Gasteiger partial charge in [0, 0.05) is 11.8 Å². The van der Waals surface area contributed by atoms with E-state index in [1.807, 2.05) is 26.0 Å². The summed E-state index contributed by atoms with van der Waals surface area (Å²) in [6, 6.07) is 8.90. The van der Waals surface area contributed by atoms with Crippen LogP contribution in [-0.4, -0.2) is 15.2 Å². The number of hydrogen-bond donors (Lipinski definition) is 3. The van der Waals surface area contributed by atoms with Crippen molar-refractivity contribution in [2.24, 2.45) is 5.73 Å². The largest absolute Gasteiger partial charge is 0.507 e. The van der Waals surface area contributed by atoms with E-state index in [1.165, 1.54) is 6.07 Å². The highest BCUT2D eigenvalue weighted by Gasteiger charge is 2.13. The molecule has 0 spiro atoms. The van der Waals surface area contributed by atoms with Crippen molar-refractivity contribution < 1.29 is 9.52 Å². The van der Waals surface area contributed by atoms with E-state index in [1.54, 1.807) is 12.1 Å². The first-order chi connectivity index (χ1) is 10.4. The van der Waals surface area contributed by atoms with Gasteiger partial charge in [-0.3, -0.25) is 0 Å². The Morgan fingerprint density at radius 1 is 1.23 bits per heavy atom. The Labute approximate surface area is 132 Å². The summed E-state index contributed by atoms with van der Waals surface area (Å²) in [6.45, 7) is 4.04. The summed E-state index contributed by atoms with van der Waals surface area (Å²) < 4.78 is 5.75. The second kappa shape index (κ2) is 5.31. The third kappa shape index (κ3) is 2.60. The van der Waals surface area contributed by atoms with Crippen LogP contribution in [0.5, 0.6) is 5.75 Å². The van der Waals surface area contributed by atoms with Crippen LogP contribution in [0.25, 0.3) is 22.6 Å².